The second-order valence-electron chi connectivity index (χ2n) is 24.3. The molecule has 5 fully saturated rings. The van der Waals surface area contributed by atoms with Gasteiger partial charge in [-0.15, -0.1) is 0 Å². The number of phenolic OH excluding ortho intramolecular Hbond substituents is 2. The van der Waals surface area contributed by atoms with E-state index in [0.29, 0.717) is 5.56 Å². The third-order valence-corrected chi connectivity index (χ3v) is 18.0. The molecule has 24 atom stereocenters. The van der Waals surface area contributed by atoms with Crippen LogP contribution in [0.4, 0.5) is 0 Å². The maximum Gasteiger partial charge on any atom is 0.328 e. The van der Waals surface area contributed by atoms with Crippen molar-refractivity contribution in [3.05, 3.63) is 64.8 Å². The highest BCUT2D eigenvalue weighted by atomic mass is 16.7. The summed E-state index contributed by atoms with van der Waals surface area (Å²) in [5, 5.41) is 104. The smallest absolute Gasteiger partial charge is 0.328 e. The second-order valence-corrected chi connectivity index (χ2v) is 24.3. The van der Waals surface area contributed by atoms with Gasteiger partial charge in [-0.25, -0.2) is 4.79 Å². The molecule has 5 saturated heterocycles. The maximum absolute atomic E-state index is 15.4. The molecule has 0 radical (unpaired) electrons. The van der Waals surface area contributed by atoms with E-state index in [1.54, 1.807) is 46.9 Å². The first kappa shape index (κ1) is 64.8. The summed E-state index contributed by atoms with van der Waals surface area (Å²) in [6.07, 6.45) is -22.0. The van der Waals surface area contributed by atoms with Crippen molar-refractivity contribution in [3.8, 4) is 17.2 Å². The van der Waals surface area contributed by atoms with Crippen LogP contribution in [0.5, 0.6) is 17.2 Å². The Morgan fingerprint density at radius 3 is 1.87 bits per heavy atom. The summed E-state index contributed by atoms with van der Waals surface area (Å²) in [6.45, 7) is 10.9. The topological polar surface area (TPSA) is 372 Å². The van der Waals surface area contributed by atoms with Crippen LogP contribution in [0, 0.1) is 12.8 Å². The van der Waals surface area contributed by atoms with Gasteiger partial charge in [0.15, 0.2) is 30.9 Å². The van der Waals surface area contributed by atoms with Gasteiger partial charge in [0, 0.05) is 74.2 Å². The van der Waals surface area contributed by atoms with E-state index < -0.39 is 176 Å². The number of fused-ring (bicyclic) bond motifs is 3. The Bertz CT molecular complexity index is 3090. The van der Waals surface area contributed by atoms with Gasteiger partial charge in [0.05, 0.1) is 78.6 Å². The number of ketones is 1. The van der Waals surface area contributed by atoms with Gasteiger partial charge in [0.2, 0.25) is 12.2 Å². The summed E-state index contributed by atoms with van der Waals surface area (Å²) >= 11 is 0. The van der Waals surface area contributed by atoms with E-state index in [9.17, 15) is 55.5 Å². The molecular weight excluding hydrogens is 1140 g/mol. The van der Waals surface area contributed by atoms with Crippen molar-refractivity contribution in [1.82, 2.24) is 10.3 Å². The minimum atomic E-state index is -1.67. The number of hydrogen-bond acceptors (Lipinski definition) is 24. The molecule has 6 heterocycles. The molecule has 0 spiro atoms. The molecule has 480 valence electrons. The molecule has 4 aromatic rings. The van der Waals surface area contributed by atoms with Crippen LogP contribution in [-0.2, 0) is 74.5 Å². The number of benzene rings is 3. The number of rotatable bonds is 17. The molecule has 1 amide bonds. The van der Waals surface area contributed by atoms with Crippen LogP contribution in [0.15, 0.2) is 42.6 Å². The third-order valence-electron chi connectivity index (χ3n) is 18.0. The monoisotopic (exact) mass is 1230 g/mol. The summed E-state index contributed by atoms with van der Waals surface area (Å²) in [7, 11) is 2.44. The number of aromatic nitrogens is 1. The number of aromatic hydroxyl groups is 2. The summed E-state index contributed by atoms with van der Waals surface area (Å²) in [5.74, 6) is -4.65. The van der Waals surface area contributed by atoms with Gasteiger partial charge in [-0.05, 0) is 89.6 Å². The van der Waals surface area contributed by atoms with Gasteiger partial charge < -0.3 is 113 Å². The van der Waals surface area contributed by atoms with E-state index in [-0.39, 0.29) is 78.2 Å². The first-order valence-corrected chi connectivity index (χ1v) is 29.6. The lowest BCUT2D eigenvalue weighted by molar-refractivity contribution is -0.334. The number of para-hydroxylation sites is 1. The van der Waals surface area contributed by atoms with E-state index in [4.69, 9.17) is 56.8 Å². The summed E-state index contributed by atoms with van der Waals surface area (Å²) < 4.78 is 72.8. The van der Waals surface area contributed by atoms with Crippen molar-refractivity contribution in [1.29, 1.82) is 0 Å². The van der Waals surface area contributed by atoms with Gasteiger partial charge in [-0.1, -0.05) is 18.2 Å². The standard InChI is InChI=1S/C61H82N2O24/c1-24-38(83-43-19-39(51(67)26(3)79-43)84-42-18-37(64)50(66)25(2)78-42)17-31-14-30-15-34(57(76-8)59(73)63-36(60(74)77-9)16-32-23-62-35-13-11-10-12-33(32)35)56(55(71)48(30)54(70)47(31)49(24)65)87-45-21-40(52(68)28(5)81-45)85-44-20-41(53(69)27(4)80-44)86-46-22-61(7,75)58(72)29(6)82-46/h10-14,17,23,25-29,34,36-37,39-46,50-53,56-58,62,64-70,72,75H,15-16,18-22H2,1-9H3,(H,63,73)/t25-,26-,27-,28-,29-,34-,36+,37-,39-,40-,41-,42+,43+,44+,45+,46+,50-,51-,52-,53+,56+,57+,58-,61+/m1/s1. The van der Waals surface area contributed by atoms with Crippen LogP contribution in [0.3, 0.4) is 0 Å². The highest BCUT2D eigenvalue weighted by molar-refractivity contribution is 6.11. The number of ether oxygens (including phenoxy) is 12. The molecule has 1 aliphatic carbocycles. The first-order valence-electron chi connectivity index (χ1n) is 29.6. The molecule has 0 bridgehead atoms. The number of carbonyl (C=O) groups excluding carboxylic acids is 3. The van der Waals surface area contributed by atoms with Crippen LogP contribution >= 0.6 is 0 Å². The maximum atomic E-state index is 15.4. The molecule has 26 heteroatoms. The number of carbonyl (C=O) groups is 3. The number of esters is 1. The fourth-order valence-electron chi connectivity index (χ4n) is 13.0. The molecule has 0 unspecified atom stereocenters. The highest BCUT2D eigenvalue weighted by Gasteiger charge is 2.51. The van der Waals surface area contributed by atoms with Crippen molar-refractivity contribution in [3.63, 3.8) is 0 Å². The minimum absolute atomic E-state index is 0.00649. The molecule has 1 aromatic heterocycles. The van der Waals surface area contributed by atoms with Crippen molar-refractivity contribution in [2.24, 2.45) is 5.92 Å². The largest absolute Gasteiger partial charge is 0.507 e. The Kier molecular flexibility index (Phi) is 19.6. The second kappa shape index (κ2) is 26.3. The molecule has 10 rings (SSSR count). The number of methoxy groups -OCH3 is 2. The Morgan fingerprint density at radius 1 is 0.724 bits per heavy atom. The SMILES string of the molecule is COC(=O)[C@H](Cc1c[nH]c2ccccc12)NC(=O)[C@@H](OC)[C@@H]1Cc2cc3cc(O[C@H]4C[C@@H](O[C@H]5C[C@@H](O)[C@H](O)[C@@H](C)O5)[C@H](O)[C@@H](C)O4)c(C)c(O)c3c(O)c2C(=O)[C@H]1O[C@H]1C[C@@H](O[C@H]2C[C@@H](O[C@H]3C[C@](C)(O)[C@H](O)[C@@H](C)O3)[C@@H](O)[C@@H](C)O2)[C@H](O)[C@@H](C)O1. The fourth-order valence-corrected chi connectivity index (χ4v) is 13.0. The molecule has 87 heavy (non-hydrogen) atoms. The van der Waals surface area contributed by atoms with E-state index in [2.05, 4.69) is 10.3 Å². The molecule has 0 saturated carbocycles. The Morgan fingerprint density at radius 2 is 1.28 bits per heavy atom. The summed E-state index contributed by atoms with van der Waals surface area (Å²) in [6, 6.07) is 9.25. The predicted molar refractivity (Wildman–Crippen MR) is 302 cm³/mol. The molecule has 11 N–H and O–H groups in total. The zero-order chi connectivity index (χ0) is 62.7. The number of nitrogens with one attached hydrogen (secondary N) is 2. The average Bonchev–Trinajstić information content (AvgIpc) is 1.28. The van der Waals surface area contributed by atoms with Crippen LogP contribution in [0.25, 0.3) is 21.7 Å². The van der Waals surface area contributed by atoms with E-state index >= 15 is 4.79 Å². The first-order chi connectivity index (χ1) is 41.2. The van der Waals surface area contributed by atoms with Gasteiger partial charge in [-0.3, -0.25) is 9.59 Å². The number of amides is 1. The summed E-state index contributed by atoms with van der Waals surface area (Å²) in [5.41, 5.74) is 0.0431. The quantitative estimate of drug-likeness (QED) is 0.0672. The Hall–Kier alpha value is -5.21. The predicted octanol–water partition coefficient (Wildman–Crippen LogP) is 1.82. The van der Waals surface area contributed by atoms with Gasteiger partial charge in [-0.2, -0.15) is 0 Å². The normalized spacial score (nSPS) is 38.2. The lowest BCUT2D eigenvalue weighted by atomic mass is 9.76. The Labute approximate surface area is 501 Å². The van der Waals surface area contributed by atoms with Crippen molar-refractivity contribution in [2.75, 3.05) is 14.2 Å². The molecule has 26 nitrogen and oxygen atoms in total. The van der Waals surface area contributed by atoms with E-state index in [1.165, 1.54) is 34.1 Å². The minimum Gasteiger partial charge on any atom is -0.507 e. The van der Waals surface area contributed by atoms with Crippen molar-refractivity contribution < 1.29 is 117 Å². The lowest BCUT2D eigenvalue weighted by Gasteiger charge is -2.46. The number of H-pyrrole nitrogens is 1. The van der Waals surface area contributed by atoms with Crippen LogP contribution in [0.1, 0.15) is 101 Å². The van der Waals surface area contributed by atoms with Crippen molar-refractivity contribution >= 4 is 39.3 Å². The zero-order valence-electron chi connectivity index (χ0n) is 49.9. The number of Topliss-reactive ketones (excluding diaryl/α,β-unsaturated/α-hetero) is 1. The molecular formula is C61H82N2O24. The zero-order valence-corrected chi connectivity index (χ0v) is 49.9. The van der Waals surface area contributed by atoms with Gasteiger partial charge in [0.25, 0.3) is 0 Å². The summed E-state index contributed by atoms with van der Waals surface area (Å²) in [4.78, 5) is 47.0. The molecule has 5 aliphatic heterocycles. The highest BCUT2D eigenvalue weighted by Crippen LogP contribution is 2.48. The average molecular weight is 1230 g/mol. The fraction of sp³-hybridized carbons (Fsp3) is 0.656. The van der Waals surface area contributed by atoms with Crippen molar-refractivity contribution in [2.45, 2.75) is 234 Å². The lowest BCUT2D eigenvalue weighted by Crippen LogP contribution is -2.58. The Balaban J connectivity index is 0.936. The van der Waals surface area contributed by atoms with E-state index in [0.717, 1.165) is 10.9 Å². The molecule has 6 aliphatic rings. The van der Waals surface area contributed by atoms with Gasteiger partial charge >= 0.3 is 5.97 Å². The van der Waals surface area contributed by atoms with E-state index in [1.807, 2.05) is 24.3 Å². The number of aliphatic hydroxyl groups is 7. The number of phenols is 2. The number of aromatic amines is 1. The van der Waals surface area contributed by atoms with Crippen LogP contribution in [0.2, 0.25) is 0 Å². The third kappa shape index (κ3) is 13.4. The van der Waals surface area contributed by atoms with Crippen LogP contribution in [-0.4, -0.2) is 224 Å². The van der Waals surface area contributed by atoms with Crippen LogP contribution < -0.4 is 10.1 Å². The molecule has 3 aromatic carbocycles. The van der Waals surface area contributed by atoms with Gasteiger partial charge in [0.1, 0.15) is 66.0 Å². The number of hydrogen-bond donors (Lipinski definition) is 11. The number of aliphatic hydroxyl groups excluding tert-OH is 6.